The number of likely N-dealkylation sites (tertiary alicyclic amines) is 2. The van der Waals surface area contributed by atoms with Crippen LogP contribution < -0.4 is 16.1 Å². The summed E-state index contributed by atoms with van der Waals surface area (Å²) in [6.45, 7) is 8.25. The molecule has 3 aromatic heterocycles. The highest BCUT2D eigenvalue weighted by molar-refractivity contribution is 6.01. The lowest BCUT2D eigenvalue weighted by molar-refractivity contribution is -0.136. The molecule has 17 heteroatoms. The average Bonchev–Trinajstić information content (AvgIpc) is 4.08. The summed E-state index contributed by atoms with van der Waals surface area (Å²) in [4.78, 5) is 83.9. The topological polar surface area (TPSA) is 216 Å². The second-order valence-corrected chi connectivity index (χ2v) is 16.4. The molecule has 2 aliphatic rings. The number of fused-ring (bicyclic) bond motifs is 3. The van der Waals surface area contributed by atoms with Crippen molar-refractivity contribution >= 4 is 56.7 Å². The van der Waals surface area contributed by atoms with Gasteiger partial charge in [0.25, 0.3) is 0 Å². The number of nitrogens with one attached hydrogen (secondary N) is 4. The Hall–Kier alpha value is -6.78. The molecule has 5 heterocycles. The molecule has 61 heavy (non-hydrogen) atoms. The number of benzene rings is 3. The van der Waals surface area contributed by atoms with E-state index >= 15 is 4.39 Å². The van der Waals surface area contributed by atoms with Crippen LogP contribution in [0.25, 0.3) is 55.2 Å². The zero-order valence-corrected chi connectivity index (χ0v) is 34.4. The van der Waals surface area contributed by atoms with E-state index in [4.69, 9.17) is 9.15 Å². The zero-order valence-electron chi connectivity index (χ0n) is 34.4. The maximum Gasteiger partial charge on any atom is 0.407 e. The lowest BCUT2D eigenvalue weighted by Crippen LogP contribution is -2.51. The predicted molar refractivity (Wildman–Crippen MR) is 224 cm³/mol. The number of carbonyl (C=O) groups is 4. The molecule has 4 atom stereocenters. The van der Waals surface area contributed by atoms with Gasteiger partial charge in [0, 0.05) is 29.6 Å². The summed E-state index contributed by atoms with van der Waals surface area (Å²) in [6, 6.07) is 9.39. The van der Waals surface area contributed by atoms with Gasteiger partial charge in [-0.25, -0.2) is 23.9 Å². The number of methoxy groups -OCH3 is 1. The number of H-pyrrole nitrogens is 2. The molecule has 4 amide bonds. The molecule has 0 spiro atoms. The van der Waals surface area contributed by atoms with Crippen LogP contribution in [0.2, 0.25) is 0 Å². The number of amides is 4. The van der Waals surface area contributed by atoms with Crippen LogP contribution in [0.3, 0.4) is 0 Å². The van der Waals surface area contributed by atoms with Gasteiger partial charge >= 0.3 is 12.2 Å². The molecule has 318 valence electrons. The Morgan fingerprint density at radius 1 is 0.803 bits per heavy atom. The van der Waals surface area contributed by atoms with Gasteiger partial charge < -0.3 is 44.7 Å². The highest BCUT2D eigenvalue weighted by atomic mass is 19.1. The number of ether oxygens (including phenoxy) is 1. The van der Waals surface area contributed by atoms with Crippen LogP contribution in [0.5, 0.6) is 0 Å². The minimum Gasteiger partial charge on any atom is -0.465 e. The first-order valence-electron chi connectivity index (χ1n) is 20.4. The maximum atomic E-state index is 16.2. The summed E-state index contributed by atoms with van der Waals surface area (Å²) < 4.78 is 27.0. The summed E-state index contributed by atoms with van der Waals surface area (Å²) >= 11 is 0. The van der Waals surface area contributed by atoms with Gasteiger partial charge in [0.15, 0.2) is 11.4 Å². The van der Waals surface area contributed by atoms with Crippen molar-refractivity contribution in [2.45, 2.75) is 77.5 Å². The SMILES string of the molecule is COC(=O)NC(C(=O)N1CCC[C@H]1c1ncc(-c2ccc3c(F)c4oc5ccc(-c6cnc([C@@H]7CCCN7C(=O)C(NC(=O)O)C(C)C)[nH]6)cc5c(=O)c4cc3c2)[nH]1)C(C)C. The van der Waals surface area contributed by atoms with Crippen LogP contribution in [0.15, 0.2) is 64.1 Å². The third-order valence-electron chi connectivity index (χ3n) is 11.8. The van der Waals surface area contributed by atoms with E-state index < -0.39 is 35.5 Å². The average molecular weight is 835 g/mol. The van der Waals surface area contributed by atoms with E-state index in [2.05, 4.69) is 30.6 Å². The van der Waals surface area contributed by atoms with Crippen molar-refractivity contribution in [1.29, 1.82) is 0 Å². The van der Waals surface area contributed by atoms with Crippen molar-refractivity contribution in [3.05, 3.63) is 82.5 Å². The van der Waals surface area contributed by atoms with Gasteiger partial charge in [0.05, 0.1) is 53.7 Å². The van der Waals surface area contributed by atoms with Gasteiger partial charge in [-0.1, -0.05) is 39.8 Å². The smallest absolute Gasteiger partial charge is 0.407 e. The first kappa shape index (κ1) is 41.0. The Balaban J connectivity index is 1.07. The Labute approximate surface area is 348 Å². The largest absolute Gasteiger partial charge is 0.465 e. The molecule has 2 fully saturated rings. The van der Waals surface area contributed by atoms with E-state index in [0.29, 0.717) is 65.5 Å². The number of carboxylic acid groups (broad SMARTS) is 1. The Bertz CT molecular complexity index is 2760. The lowest BCUT2D eigenvalue weighted by Gasteiger charge is -2.30. The van der Waals surface area contributed by atoms with E-state index in [1.54, 1.807) is 78.5 Å². The van der Waals surface area contributed by atoms with Crippen LogP contribution in [-0.4, -0.2) is 91.1 Å². The number of carbonyl (C=O) groups excluding carboxylic acids is 3. The number of rotatable bonds is 10. The molecule has 0 radical (unpaired) electrons. The van der Waals surface area contributed by atoms with E-state index in [-0.39, 0.29) is 63.1 Å². The van der Waals surface area contributed by atoms with Crippen molar-refractivity contribution in [2.24, 2.45) is 11.8 Å². The number of nitrogens with zero attached hydrogens (tertiary/aromatic N) is 4. The van der Waals surface area contributed by atoms with Crippen LogP contribution in [0, 0.1) is 17.7 Å². The van der Waals surface area contributed by atoms with Crippen LogP contribution >= 0.6 is 0 Å². The highest BCUT2D eigenvalue weighted by Crippen LogP contribution is 2.36. The van der Waals surface area contributed by atoms with Gasteiger partial charge in [0.1, 0.15) is 29.3 Å². The first-order valence-corrected chi connectivity index (χ1v) is 20.4. The van der Waals surface area contributed by atoms with E-state index in [0.717, 1.165) is 12.8 Å². The molecular weight excluding hydrogens is 788 g/mol. The van der Waals surface area contributed by atoms with E-state index in [1.165, 1.54) is 7.11 Å². The van der Waals surface area contributed by atoms with Gasteiger partial charge in [-0.15, -0.1) is 0 Å². The normalized spacial score (nSPS) is 17.8. The van der Waals surface area contributed by atoms with Gasteiger partial charge in [-0.3, -0.25) is 14.4 Å². The highest BCUT2D eigenvalue weighted by Gasteiger charge is 2.39. The second kappa shape index (κ2) is 16.3. The standard InChI is InChI=1S/C44H47FN8O8/c1-21(2)35(50-43(57)58)41(55)52-14-6-8-31(52)40-47-20-30(49-40)24-11-13-33-27(17-24)37(54)28-18-25-16-23(10-12-26(25)34(45)38(28)61-33)29-19-46-39(48-29)32-9-7-15-53(32)42(56)36(22(3)4)51-44(59)60-5/h10-13,16-22,31-32,35-36,50H,6-9,14-15H2,1-5H3,(H,46,48)(H,47,49)(H,51,59)(H,57,58)/t31-,32-,35?,36?/m0/s1. The fraction of sp³-hybridized carbons (Fsp3) is 0.386. The summed E-state index contributed by atoms with van der Waals surface area (Å²) in [7, 11) is 1.25. The Morgan fingerprint density at radius 2 is 1.36 bits per heavy atom. The van der Waals surface area contributed by atoms with Crippen LogP contribution in [0.4, 0.5) is 14.0 Å². The summed E-state index contributed by atoms with van der Waals surface area (Å²) in [6.07, 6.45) is 4.14. The molecule has 0 bridgehead atoms. The number of hydrogen-bond acceptors (Lipinski definition) is 9. The number of hydrogen-bond donors (Lipinski definition) is 5. The Morgan fingerprint density at radius 3 is 1.92 bits per heavy atom. The summed E-state index contributed by atoms with van der Waals surface area (Å²) in [5.41, 5.74) is 2.18. The molecule has 5 N–H and O–H groups in total. The number of alkyl carbamates (subject to hydrolysis) is 1. The second-order valence-electron chi connectivity index (χ2n) is 16.4. The molecular formula is C44H47FN8O8. The van der Waals surface area contributed by atoms with Crippen molar-refractivity contribution in [3.8, 4) is 22.5 Å². The van der Waals surface area contributed by atoms with Gasteiger partial charge in [-0.05, 0) is 73.2 Å². The molecule has 0 aliphatic carbocycles. The van der Waals surface area contributed by atoms with E-state index in [1.807, 2.05) is 13.8 Å². The molecule has 6 aromatic rings. The third-order valence-corrected chi connectivity index (χ3v) is 11.8. The molecule has 2 aliphatic heterocycles. The van der Waals surface area contributed by atoms with Gasteiger partial charge in [0.2, 0.25) is 17.2 Å². The van der Waals surface area contributed by atoms with E-state index in [9.17, 15) is 29.1 Å². The number of imidazole rings is 2. The maximum absolute atomic E-state index is 16.2. The zero-order chi connectivity index (χ0) is 43.3. The predicted octanol–water partition coefficient (Wildman–Crippen LogP) is 7.02. The first-order chi connectivity index (χ1) is 29.2. The third kappa shape index (κ3) is 7.64. The molecule has 3 aromatic carbocycles. The Kier molecular flexibility index (Phi) is 11.0. The number of aromatic nitrogens is 4. The molecule has 0 saturated carbocycles. The monoisotopic (exact) mass is 834 g/mol. The number of halogens is 1. The molecule has 16 nitrogen and oxygen atoms in total. The van der Waals surface area contributed by atoms with Gasteiger partial charge in [-0.2, -0.15) is 0 Å². The molecule has 2 unspecified atom stereocenters. The van der Waals surface area contributed by atoms with Crippen LogP contribution in [0.1, 0.15) is 77.1 Å². The van der Waals surface area contributed by atoms with Crippen molar-refractivity contribution < 1.29 is 37.8 Å². The molecule has 8 rings (SSSR count). The summed E-state index contributed by atoms with van der Waals surface area (Å²) in [5, 5.41) is 15.4. The van der Waals surface area contributed by atoms with Crippen molar-refractivity contribution in [3.63, 3.8) is 0 Å². The van der Waals surface area contributed by atoms with Crippen molar-refractivity contribution in [2.75, 3.05) is 20.2 Å². The number of aromatic amines is 2. The minimum absolute atomic E-state index is 0.0672. The summed E-state index contributed by atoms with van der Waals surface area (Å²) in [5.74, 6) is -0.512. The quantitative estimate of drug-likeness (QED) is 0.0889. The fourth-order valence-corrected chi connectivity index (χ4v) is 8.64. The minimum atomic E-state index is -1.27. The molecule has 2 saturated heterocycles. The fourth-order valence-electron chi connectivity index (χ4n) is 8.64. The van der Waals surface area contributed by atoms with Crippen LogP contribution in [-0.2, 0) is 14.3 Å². The lowest BCUT2D eigenvalue weighted by atomic mass is 10.0. The van der Waals surface area contributed by atoms with Crippen molar-refractivity contribution in [1.82, 2.24) is 40.4 Å².